The van der Waals surface area contributed by atoms with Crippen LogP contribution in [-0.2, 0) is 6.42 Å². The molecule has 2 rings (SSSR count). The van der Waals surface area contributed by atoms with Gasteiger partial charge in [0.1, 0.15) is 11.5 Å². The summed E-state index contributed by atoms with van der Waals surface area (Å²) in [5, 5.41) is 3.28. The second kappa shape index (κ2) is 6.67. The normalized spacial score (nSPS) is 13.1. The van der Waals surface area contributed by atoms with Gasteiger partial charge in [-0.05, 0) is 36.8 Å². The van der Waals surface area contributed by atoms with Crippen molar-refractivity contribution in [2.75, 3.05) is 6.54 Å². The molecule has 0 aliphatic rings. The monoisotopic (exact) mass is 299 g/mol. The van der Waals surface area contributed by atoms with Crippen LogP contribution in [0.1, 0.15) is 24.3 Å². The molecule has 2 aromatic rings. The van der Waals surface area contributed by atoms with Crippen molar-refractivity contribution in [2.45, 2.75) is 25.7 Å². The van der Waals surface area contributed by atoms with Crippen LogP contribution in [0.15, 0.2) is 47.1 Å². The molecular formula is C15H16F3NO2. The molecule has 0 bridgehead atoms. The third kappa shape index (κ3) is 5.15. The van der Waals surface area contributed by atoms with Crippen LogP contribution in [0.4, 0.5) is 13.2 Å². The van der Waals surface area contributed by atoms with E-state index < -0.39 is 6.36 Å². The van der Waals surface area contributed by atoms with E-state index in [1.165, 1.54) is 12.1 Å². The molecule has 0 aliphatic carbocycles. The van der Waals surface area contributed by atoms with E-state index in [0.717, 1.165) is 24.3 Å². The fraction of sp³-hybridized carbons (Fsp3) is 0.333. The number of benzene rings is 1. The van der Waals surface area contributed by atoms with E-state index in [1.54, 1.807) is 18.4 Å². The maximum Gasteiger partial charge on any atom is 0.573 e. The van der Waals surface area contributed by atoms with Gasteiger partial charge in [0.2, 0.25) is 0 Å². The van der Waals surface area contributed by atoms with E-state index in [1.807, 2.05) is 19.1 Å². The Kier molecular flexibility index (Phi) is 4.90. The van der Waals surface area contributed by atoms with E-state index in [9.17, 15) is 13.2 Å². The van der Waals surface area contributed by atoms with Crippen LogP contribution >= 0.6 is 0 Å². The number of rotatable bonds is 6. The SMILES string of the molecule is CC(NCCc1ccco1)c1ccc(OC(F)(F)F)cc1. The average Bonchev–Trinajstić information content (AvgIpc) is 2.91. The van der Waals surface area contributed by atoms with Crippen LogP contribution in [0.2, 0.25) is 0 Å². The lowest BCUT2D eigenvalue weighted by Gasteiger charge is -2.15. The van der Waals surface area contributed by atoms with Crippen molar-refractivity contribution in [1.29, 1.82) is 0 Å². The van der Waals surface area contributed by atoms with Crippen LogP contribution in [0.25, 0.3) is 0 Å². The molecule has 0 radical (unpaired) electrons. The predicted molar refractivity (Wildman–Crippen MR) is 72.0 cm³/mol. The van der Waals surface area contributed by atoms with Crippen molar-refractivity contribution in [3.05, 3.63) is 54.0 Å². The lowest BCUT2D eigenvalue weighted by atomic mass is 10.1. The summed E-state index contributed by atoms with van der Waals surface area (Å²) in [5.41, 5.74) is 0.893. The lowest BCUT2D eigenvalue weighted by Crippen LogP contribution is -2.21. The number of furan rings is 1. The van der Waals surface area contributed by atoms with Gasteiger partial charge in [0.15, 0.2) is 0 Å². The first kappa shape index (κ1) is 15.4. The van der Waals surface area contributed by atoms with Crippen molar-refractivity contribution >= 4 is 0 Å². The highest BCUT2D eigenvalue weighted by Crippen LogP contribution is 2.24. The molecule has 3 nitrogen and oxygen atoms in total. The highest BCUT2D eigenvalue weighted by molar-refractivity contribution is 5.29. The Bertz CT molecular complexity index is 535. The second-order valence-corrected chi connectivity index (χ2v) is 4.62. The largest absolute Gasteiger partial charge is 0.573 e. The number of alkyl halides is 3. The molecule has 0 fully saturated rings. The van der Waals surface area contributed by atoms with E-state index in [4.69, 9.17) is 4.42 Å². The molecule has 0 saturated carbocycles. The first-order valence-electron chi connectivity index (χ1n) is 6.55. The highest BCUT2D eigenvalue weighted by atomic mass is 19.4. The first-order chi connectivity index (χ1) is 9.94. The summed E-state index contributed by atoms with van der Waals surface area (Å²) in [6.45, 7) is 2.66. The third-order valence-electron chi connectivity index (χ3n) is 3.02. The van der Waals surface area contributed by atoms with Crippen molar-refractivity contribution in [1.82, 2.24) is 5.32 Å². The predicted octanol–water partition coefficient (Wildman–Crippen LogP) is 4.07. The molecule has 21 heavy (non-hydrogen) atoms. The minimum absolute atomic E-state index is 0.0277. The number of hydrogen-bond acceptors (Lipinski definition) is 3. The zero-order chi connectivity index (χ0) is 15.3. The second-order valence-electron chi connectivity index (χ2n) is 4.62. The van der Waals surface area contributed by atoms with E-state index in [-0.39, 0.29) is 11.8 Å². The molecule has 6 heteroatoms. The van der Waals surface area contributed by atoms with Gasteiger partial charge in [0.25, 0.3) is 0 Å². The van der Waals surface area contributed by atoms with E-state index >= 15 is 0 Å². The summed E-state index contributed by atoms with van der Waals surface area (Å²) in [5.74, 6) is 0.678. The summed E-state index contributed by atoms with van der Waals surface area (Å²) in [6.07, 6.45) is -2.28. The molecule has 114 valence electrons. The Hall–Kier alpha value is -1.95. The van der Waals surface area contributed by atoms with E-state index in [2.05, 4.69) is 10.1 Å². The van der Waals surface area contributed by atoms with Gasteiger partial charge in [-0.15, -0.1) is 13.2 Å². The fourth-order valence-electron chi connectivity index (χ4n) is 1.94. The van der Waals surface area contributed by atoms with Crippen LogP contribution in [0.3, 0.4) is 0 Å². The Labute approximate surface area is 120 Å². The summed E-state index contributed by atoms with van der Waals surface area (Å²) >= 11 is 0. The Morgan fingerprint density at radius 3 is 2.48 bits per heavy atom. The molecule has 0 saturated heterocycles. The van der Waals surface area contributed by atoms with Gasteiger partial charge < -0.3 is 14.5 Å². The molecule has 1 N–H and O–H groups in total. The standard InChI is InChI=1S/C15H16F3NO2/c1-11(19-9-8-13-3-2-10-20-13)12-4-6-14(7-5-12)21-15(16,17)18/h2-7,10-11,19H,8-9H2,1H3. The minimum atomic E-state index is -4.66. The van der Waals surface area contributed by atoms with Gasteiger partial charge in [-0.25, -0.2) is 0 Å². The van der Waals surface area contributed by atoms with Crippen LogP contribution < -0.4 is 10.1 Å². The third-order valence-corrected chi connectivity index (χ3v) is 3.02. The molecular weight excluding hydrogens is 283 g/mol. The van der Waals surface area contributed by atoms with E-state index in [0.29, 0.717) is 0 Å². The smallest absolute Gasteiger partial charge is 0.469 e. The summed E-state index contributed by atoms with van der Waals surface area (Å²) in [7, 11) is 0. The van der Waals surface area contributed by atoms with Crippen molar-refractivity contribution in [2.24, 2.45) is 0 Å². The Morgan fingerprint density at radius 2 is 1.90 bits per heavy atom. The molecule has 1 atom stereocenters. The van der Waals surface area contributed by atoms with Gasteiger partial charge in [-0.1, -0.05) is 12.1 Å². The van der Waals surface area contributed by atoms with Crippen molar-refractivity contribution in [3.63, 3.8) is 0 Å². The molecule has 0 amide bonds. The Balaban J connectivity index is 1.83. The van der Waals surface area contributed by atoms with Crippen molar-refractivity contribution < 1.29 is 22.3 Å². The quantitative estimate of drug-likeness (QED) is 0.873. The molecule has 1 aromatic heterocycles. The van der Waals surface area contributed by atoms with Gasteiger partial charge in [-0.3, -0.25) is 0 Å². The fourth-order valence-corrected chi connectivity index (χ4v) is 1.94. The van der Waals surface area contributed by atoms with Crippen LogP contribution in [0, 0.1) is 0 Å². The first-order valence-corrected chi connectivity index (χ1v) is 6.55. The number of hydrogen-bond donors (Lipinski definition) is 1. The molecule has 0 aliphatic heterocycles. The summed E-state index contributed by atoms with van der Waals surface area (Å²) in [4.78, 5) is 0. The number of ether oxygens (including phenoxy) is 1. The van der Waals surface area contributed by atoms with Gasteiger partial charge in [0, 0.05) is 19.0 Å². The zero-order valence-electron chi connectivity index (χ0n) is 11.5. The van der Waals surface area contributed by atoms with Crippen LogP contribution in [0.5, 0.6) is 5.75 Å². The van der Waals surface area contributed by atoms with Crippen molar-refractivity contribution in [3.8, 4) is 5.75 Å². The summed E-state index contributed by atoms with van der Waals surface area (Å²) < 4.78 is 45.2. The molecule has 1 unspecified atom stereocenters. The zero-order valence-corrected chi connectivity index (χ0v) is 11.5. The Morgan fingerprint density at radius 1 is 1.19 bits per heavy atom. The summed E-state index contributed by atoms with van der Waals surface area (Å²) in [6, 6.07) is 9.62. The molecule has 1 aromatic carbocycles. The molecule has 0 spiro atoms. The average molecular weight is 299 g/mol. The van der Waals surface area contributed by atoms with Gasteiger partial charge in [-0.2, -0.15) is 0 Å². The number of halogens is 3. The minimum Gasteiger partial charge on any atom is -0.469 e. The maximum atomic E-state index is 12.1. The number of nitrogens with one attached hydrogen (secondary N) is 1. The molecule has 1 heterocycles. The maximum absolute atomic E-state index is 12.1. The van der Waals surface area contributed by atoms with Gasteiger partial charge >= 0.3 is 6.36 Å². The lowest BCUT2D eigenvalue weighted by molar-refractivity contribution is -0.274. The van der Waals surface area contributed by atoms with Crippen LogP contribution in [-0.4, -0.2) is 12.9 Å². The highest BCUT2D eigenvalue weighted by Gasteiger charge is 2.30. The van der Waals surface area contributed by atoms with Gasteiger partial charge in [0.05, 0.1) is 6.26 Å². The topological polar surface area (TPSA) is 34.4 Å².